The number of H-pyrrole nitrogens is 1. The van der Waals surface area contributed by atoms with Gasteiger partial charge in [-0.1, -0.05) is 12.1 Å². The van der Waals surface area contributed by atoms with Crippen LogP contribution in [0.2, 0.25) is 0 Å². The summed E-state index contributed by atoms with van der Waals surface area (Å²) in [5.41, 5.74) is 0.914. The number of benzene rings is 1. The van der Waals surface area contributed by atoms with Gasteiger partial charge in [0.25, 0.3) is 5.56 Å². The first-order chi connectivity index (χ1) is 10.1. The molecule has 0 aliphatic carbocycles. The van der Waals surface area contributed by atoms with Crippen LogP contribution in [-0.2, 0) is 6.61 Å². The Morgan fingerprint density at radius 3 is 2.86 bits per heavy atom. The molecule has 2 heterocycles. The van der Waals surface area contributed by atoms with Crippen LogP contribution >= 0.6 is 33.9 Å². The number of thiophene rings is 1. The normalized spacial score (nSPS) is 11.0. The third kappa shape index (κ3) is 2.82. The Kier molecular flexibility index (Phi) is 3.99. The van der Waals surface area contributed by atoms with Gasteiger partial charge in [0.2, 0.25) is 0 Å². The third-order valence-corrected chi connectivity index (χ3v) is 5.28. The zero-order valence-corrected chi connectivity index (χ0v) is 14.5. The van der Waals surface area contributed by atoms with Gasteiger partial charge >= 0.3 is 0 Å². The third-order valence-electron chi connectivity index (χ3n) is 3.29. The van der Waals surface area contributed by atoms with E-state index in [0.29, 0.717) is 11.2 Å². The lowest BCUT2D eigenvalue weighted by atomic mass is 10.2. The molecule has 0 spiro atoms. The van der Waals surface area contributed by atoms with Crippen molar-refractivity contribution in [1.29, 1.82) is 0 Å². The van der Waals surface area contributed by atoms with Crippen LogP contribution in [0.1, 0.15) is 16.3 Å². The molecule has 0 aliphatic rings. The molecule has 0 bridgehead atoms. The van der Waals surface area contributed by atoms with Gasteiger partial charge in [0.1, 0.15) is 23.0 Å². The topological polar surface area (TPSA) is 55.0 Å². The van der Waals surface area contributed by atoms with Crippen LogP contribution in [0.4, 0.5) is 0 Å². The summed E-state index contributed by atoms with van der Waals surface area (Å²) in [7, 11) is 0. The van der Waals surface area contributed by atoms with Gasteiger partial charge in [-0.3, -0.25) is 4.79 Å². The summed E-state index contributed by atoms with van der Waals surface area (Å²) in [4.78, 5) is 21.4. The Hall–Kier alpha value is -1.41. The Balaban J connectivity index is 1.92. The maximum absolute atomic E-state index is 12.2. The summed E-state index contributed by atoms with van der Waals surface area (Å²) < 4.78 is 6.76. The molecule has 3 rings (SSSR count). The first kappa shape index (κ1) is 14.5. The first-order valence-corrected chi connectivity index (χ1v) is 8.32. The quantitative estimate of drug-likeness (QED) is 0.667. The minimum absolute atomic E-state index is 0.0943. The smallest absolute Gasteiger partial charge is 0.260 e. The number of hydrogen-bond acceptors (Lipinski definition) is 4. The molecule has 0 saturated carbocycles. The van der Waals surface area contributed by atoms with E-state index < -0.39 is 0 Å². The number of rotatable bonds is 3. The van der Waals surface area contributed by atoms with Crippen molar-refractivity contribution in [3.63, 3.8) is 0 Å². The second-order valence-corrected chi connectivity index (χ2v) is 7.06. The van der Waals surface area contributed by atoms with E-state index in [1.165, 1.54) is 0 Å². The monoisotopic (exact) mass is 412 g/mol. The van der Waals surface area contributed by atoms with Gasteiger partial charge in [-0.25, -0.2) is 4.98 Å². The molecule has 0 fully saturated rings. The van der Waals surface area contributed by atoms with E-state index >= 15 is 0 Å². The Bertz CT molecular complexity index is 870. The predicted octanol–water partition coefficient (Wildman–Crippen LogP) is 3.79. The fourth-order valence-electron chi connectivity index (χ4n) is 2.08. The zero-order valence-electron chi connectivity index (χ0n) is 11.6. The minimum atomic E-state index is -0.0943. The van der Waals surface area contributed by atoms with E-state index in [2.05, 4.69) is 32.6 Å². The van der Waals surface area contributed by atoms with E-state index in [9.17, 15) is 4.79 Å². The summed E-state index contributed by atoms with van der Waals surface area (Å²) in [5, 5.41) is 0.690. The Labute approximate surface area is 139 Å². The molecule has 6 heteroatoms. The van der Waals surface area contributed by atoms with Gasteiger partial charge in [-0.15, -0.1) is 11.3 Å². The number of para-hydroxylation sites is 1. The van der Waals surface area contributed by atoms with Crippen molar-refractivity contribution in [1.82, 2.24) is 9.97 Å². The molecule has 0 unspecified atom stereocenters. The fourth-order valence-corrected chi connectivity index (χ4v) is 3.67. The van der Waals surface area contributed by atoms with Gasteiger partial charge in [0.15, 0.2) is 0 Å². The molecule has 21 heavy (non-hydrogen) atoms. The van der Waals surface area contributed by atoms with Crippen molar-refractivity contribution < 1.29 is 4.74 Å². The standard InChI is InChI=1S/C15H13IN2O2S/c1-8-9(2)21-15-13(8)14(19)17-12(18-15)7-20-11-6-4-3-5-10(11)16/h3-6H,7H2,1-2H3,(H,17,18,19). The van der Waals surface area contributed by atoms with Crippen LogP contribution in [0.15, 0.2) is 29.1 Å². The van der Waals surface area contributed by atoms with Crippen molar-refractivity contribution in [2.24, 2.45) is 0 Å². The number of aryl methyl sites for hydroxylation is 2. The molecule has 0 aliphatic heterocycles. The molecule has 0 saturated heterocycles. The molecule has 0 radical (unpaired) electrons. The number of aromatic amines is 1. The van der Waals surface area contributed by atoms with E-state index in [1.54, 1.807) is 11.3 Å². The van der Waals surface area contributed by atoms with Crippen LogP contribution < -0.4 is 10.3 Å². The summed E-state index contributed by atoms with van der Waals surface area (Å²) in [6, 6.07) is 7.75. The SMILES string of the molecule is Cc1sc2nc(COc3ccccc3I)[nH]c(=O)c2c1C. The number of nitrogens with zero attached hydrogens (tertiary/aromatic N) is 1. The molecule has 0 atom stereocenters. The van der Waals surface area contributed by atoms with Crippen molar-refractivity contribution in [2.45, 2.75) is 20.5 Å². The van der Waals surface area contributed by atoms with E-state index in [4.69, 9.17) is 4.74 Å². The summed E-state index contributed by atoms with van der Waals surface area (Å²) in [6.45, 7) is 4.21. The van der Waals surface area contributed by atoms with Crippen molar-refractivity contribution in [2.75, 3.05) is 0 Å². The Morgan fingerprint density at radius 1 is 1.33 bits per heavy atom. The van der Waals surface area contributed by atoms with E-state index in [0.717, 1.165) is 24.6 Å². The highest BCUT2D eigenvalue weighted by molar-refractivity contribution is 14.1. The average Bonchev–Trinajstić information content (AvgIpc) is 2.73. The highest BCUT2D eigenvalue weighted by Gasteiger charge is 2.12. The number of nitrogens with one attached hydrogen (secondary N) is 1. The number of ether oxygens (including phenoxy) is 1. The molecule has 0 amide bonds. The zero-order chi connectivity index (χ0) is 15.0. The lowest BCUT2D eigenvalue weighted by Crippen LogP contribution is -2.13. The maximum atomic E-state index is 12.2. The second-order valence-electron chi connectivity index (χ2n) is 4.70. The Morgan fingerprint density at radius 2 is 2.10 bits per heavy atom. The predicted molar refractivity (Wildman–Crippen MR) is 93.2 cm³/mol. The fraction of sp³-hybridized carbons (Fsp3) is 0.200. The molecule has 1 aromatic carbocycles. The number of halogens is 1. The molecular weight excluding hydrogens is 399 g/mol. The van der Waals surface area contributed by atoms with Crippen LogP contribution in [-0.4, -0.2) is 9.97 Å². The van der Waals surface area contributed by atoms with Gasteiger partial charge in [-0.2, -0.15) is 0 Å². The van der Waals surface area contributed by atoms with Crippen molar-refractivity contribution >= 4 is 44.1 Å². The molecule has 4 nitrogen and oxygen atoms in total. The van der Waals surface area contributed by atoms with Gasteiger partial charge < -0.3 is 9.72 Å². The molecule has 3 aromatic rings. The highest BCUT2D eigenvalue weighted by atomic mass is 127. The minimum Gasteiger partial charge on any atom is -0.485 e. The largest absolute Gasteiger partial charge is 0.485 e. The molecular formula is C15H13IN2O2S. The average molecular weight is 412 g/mol. The van der Waals surface area contributed by atoms with Gasteiger partial charge in [0, 0.05) is 4.88 Å². The van der Waals surface area contributed by atoms with Gasteiger partial charge in [-0.05, 0) is 54.1 Å². The van der Waals surface area contributed by atoms with E-state index in [-0.39, 0.29) is 12.2 Å². The number of hydrogen-bond donors (Lipinski definition) is 1. The summed E-state index contributed by atoms with van der Waals surface area (Å²) in [5.74, 6) is 1.34. The lowest BCUT2D eigenvalue weighted by molar-refractivity contribution is 0.294. The van der Waals surface area contributed by atoms with E-state index in [1.807, 2.05) is 38.1 Å². The summed E-state index contributed by atoms with van der Waals surface area (Å²) >= 11 is 3.76. The van der Waals surface area contributed by atoms with Crippen LogP contribution in [0.3, 0.4) is 0 Å². The lowest BCUT2D eigenvalue weighted by Gasteiger charge is -2.07. The highest BCUT2D eigenvalue weighted by Crippen LogP contribution is 2.26. The maximum Gasteiger partial charge on any atom is 0.260 e. The van der Waals surface area contributed by atoms with Crippen LogP contribution in [0.5, 0.6) is 5.75 Å². The van der Waals surface area contributed by atoms with Crippen molar-refractivity contribution in [3.8, 4) is 5.75 Å². The second kappa shape index (κ2) is 5.76. The van der Waals surface area contributed by atoms with Crippen molar-refractivity contribution in [3.05, 3.63) is 54.5 Å². The molecule has 1 N–H and O–H groups in total. The number of fused-ring (bicyclic) bond motifs is 1. The first-order valence-electron chi connectivity index (χ1n) is 6.42. The molecule has 108 valence electrons. The number of aromatic nitrogens is 2. The van der Waals surface area contributed by atoms with Gasteiger partial charge in [0.05, 0.1) is 8.96 Å². The molecule has 2 aromatic heterocycles. The van der Waals surface area contributed by atoms with Crippen LogP contribution in [0, 0.1) is 17.4 Å². The summed E-state index contributed by atoms with van der Waals surface area (Å²) in [6.07, 6.45) is 0. The van der Waals surface area contributed by atoms with Crippen LogP contribution in [0.25, 0.3) is 10.2 Å².